The molecule has 2 unspecified atom stereocenters. The minimum absolute atomic E-state index is 0.00835. The van der Waals surface area contributed by atoms with Crippen LogP contribution in [0, 0.1) is 3.57 Å². The Labute approximate surface area is 257 Å². The number of alkyl halides is 4. The van der Waals surface area contributed by atoms with Crippen LogP contribution in [0.3, 0.4) is 0 Å². The standard InChI is InChI=1S/C31H26F4IN3O4/c1-29(14-32)16-42-27-22(29)13-24(39-26(27)17-4-6-20(36)7-5-17)30(41,31(33,34)35)15-38-28(40)19-11-18-3-2-10-37-25(18)23(12-19)43-21-8-9-21/h2-7,10-13,21,41H,8-9,14-16H2,1H3,(H,38,40). The summed E-state index contributed by atoms with van der Waals surface area (Å²) >= 11 is 2.09. The van der Waals surface area contributed by atoms with Crippen LogP contribution in [0.4, 0.5) is 17.6 Å². The van der Waals surface area contributed by atoms with Gasteiger partial charge in [-0.25, -0.2) is 9.37 Å². The molecule has 0 radical (unpaired) electrons. The number of aromatic nitrogens is 2. The van der Waals surface area contributed by atoms with Crippen molar-refractivity contribution in [3.05, 3.63) is 81.2 Å². The molecule has 2 aromatic carbocycles. The molecule has 4 aromatic rings. The lowest BCUT2D eigenvalue weighted by Gasteiger charge is -2.31. The third kappa shape index (κ3) is 5.50. The Hall–Kier alpha value is -3.52. The summed E-state index contributed by atoms with van der Waals surface area (Å²) in [5, 5.41) is 14.1. The van der Waals surface area contributed by atoms with Crippen molar-refractivity contribution in [3.8, 4) is 22.8 Å². The highest BCUT2D eigenvalue weighted by molar-refractivity contribution is 14.1. The lowest BCUT2D eigenvalue weighted by molar-refractivity contribution is -0.265. The van der Waals surface area contributed by atoms with Crippen LogP contribution < -0.4 is 14.8 Å². The van der Waals surface area contributed by atoms with Gasteiger partial charge in [-0.05, 0) is 78.8 Å². The second-order valence-electron chi connectivity index (χ2n) is 11.1. The van der Waals surface area contributed by atoms with Crippen LogP contribution in [0.5, 0.6) is 11.5 Å². The minimum Gasteiger partial charge on any atom is -0.490 e. The highest BCUT2D eigenvalue weighted by Gasteiger charge is 2.57. The van der Waals surface area contributed by atoms with Crippen LogP contribution >= 0.6 is 22.6 Å². The molecule has 0 bridgehead atoms. The number of aliphatic hydroxyl groups is 1. The van der Waals surface area contributed by atoms with Gasteiger partial charge in [0, 0.05) is 31.8 Å². The number of benzene rings is 2. The summed E-state index contributed by atoms with van der Waals surface area (Å²) in [6.45, 7) is -0.724. The van der Waals surface area contributed by atoms with Crippen LogP contribution in [-0.2, 0) is 11.0 Å². The Balaban J connectivity index is 1.38. The van der Waals surface area contributed by atoms with E-state index in [-0.39, 0.29) is 35.3 Å². The first-order valence-corrected chi connectivity index (χ1v) is 14.6. The van der Waals surface area contributed by atoms with E-state index >= 15 is 0 Å². The van der Waals surface area contributed by atoms with Crippen molar-refractivity contribution in [2.75, 3.05) is 19.8 Å². The fraction of sp³-hybridized carbons (Fsp3) is 0.323. The smallest absolute Gasteiger partial charge is 0.424 e. The lowest BCUT2D eigenvalue weighted by Crippen LogP contribution is -2.51. The predicted molar refractivity (Wildman–Crippen MR) is 159 cm³/mol. The third-order valence-electron chi connectivity index (χ3n) is 7.72. The number of carbonyl (C=O) groups excluding carboxylic acids is 1. The van der Waals surface area contributed by atoms with E-state index in [9.17, 15) is 27.5 Å². The zero-order valence-electron chi connectivity index (χ0n) is 22.8. The van der Waals surface area contributed by atoms with Gasteiger partial charge >= 0.3 is 6.18 Å². The third-order valence-corrected chi connectivity index (χ3v) is 8.44. The van der Waals surface area contributed by atoms with Crippen LogP contribution in [0.15, 0.2) is 60.8 Å². The molecule has 0 saturated heterocycles. The van der Waals surface area contributed by atoms with Crippen molar-refractivity contribution in [1.82, 2.24) is 15.3 Å². The number of carbonyl (C=O) groups is 1. The number of hydrogen-bond donors (Lipinski definition) is 2. The highest BCUT2D eigenvalue weighted by Crippen LogP contribution is 2.48. The molecule has 2 N–H and O–H groups in total. The average molecular weight is 707 g/mol. The van der Waals surface area contributed by atoms with Gasteiger partial charge in [-0.1, -0.05) is 18.2 Å². The first-order chi connectivity index (χ1) is 20.4. The Morgan fingerprint density at radius 2 is 1.93 bits per heavy atom. The summed E-state index contributed by atoms with van der Waals surface area (Å²) < 4.78 is 70.9. The van der Waals surface area contributed by atoms with Gasteiger partial charge in [0.1, 0.15) is 36.0 Å². The van der Waals surface area contributed by atoms with E-state index in [1.807, 2.05) is 0 Å². The number of nitrogens with one attached hydrogen (secondary N) is 1. The van der Waals surface area contributed by atoms with Gasteiger partial charge in [-0.15, -0.1) is 0 Å². The highest BCUT2D eigenvalue weighted by atomic mass is 127. The predicted octanol–water partition coefficient (Wildman–Crippen LogP) is 6.24. The van der Waals surface area contributed by atoms with E-state index < -0.39 is 42.0 Å². The second-order valence-corrected chi connectivity index (χ2v) is 12.4. The van der Waals surface area contributed by atoms with Gasteiger partial charge in [0.05, 0.1) is 23.8 Å². The topological polar surface area (TPSA) is 93.6 Å². The first kappa shape index (κ1) is 29.5. The van der Waals surface area contributed by atoms with Gasteiger partial charge in [-0.2, -0.15) is 13.2 Å². The van der Waals surface area contributed by atoms with Gasteiger partial charge in [0.25, 0.3) is 5.91 Å². The molecule has 2 aliphatic rings. The van der Waals surface area contributed by atoms with Gasteiger partial charge < -0.3 is 19.9 Å². The normalized spacial score (nSPS) is 19.4. The zero-order chi connectivity index (χ0) is 30.6. The summed E-state index contributed by atoms with van der Waals surface area (Å²) in [5.74, 6) is -0.346. The number of nitrogens with zero attached hydrogens (tertiary/aromatic N) is 2. The maximum absolute atomic E-state index is 14.7. The summed E-state index contributed by atoms with van der Waals surface area (Å²) in [5.41, 5.74) is -4.44. The van der Waals surface area contributed by atoms with Crippen molar-refractivity contribution in [2.24, 2.45) is 0 Å². The van der Waals surface area contributed by atoms with E-state index in [4.69, 9.17) is 9.47 Å². The number of rotatable bonds is 8. The van der Waals surface area contributed by atoms with E-state index in [1.54, 1.807) is 42.6 Å². The van der Waals surface area contributed by atoms with Gasteiger partial charge in [0.2, 0.25) is 5.60 Å². The van der Waals surface area contributed by atoms with Gasteiger partial charge in [0.15, 0.2) is 0 Å². The molecule has 6 rings (SSSR count). The second kappa shape index (κ2) is 10.9. The molecule has 1 aliphatic heterocycles. The van der Waals surface area contributed by atoms with E-state index in [0.717, 1.165) is 22.5 Å². The molecule has 0 spiro atoms. The van der Waals surface area contributed by atoms with E-state index in [0.29, 0.717) is 22.2 Å². The van der Waals surface area contributed by atoms with Crippen molar-refractivity contribution in [2.45, 2.75) is 43.1 Å². The molecule has 1 aliphatic carbocycles. The zero-order valence-corrected chi connectivity index (χ0v) is 25.0. The summed E-state index contributed by atoms with van der Waals surface area (Å²) in [7, 11) is 0. The van der Waals surface area contributed by atoms with Crippen molar-refractivity contribution >= 4 is 39.4 Å². The molecule has 2 aromatic heterocycles. The van der Waals surface area contributed by atoms with E-state index in [2.05, 4.69) is 37.9 Å². The lowest BCUT2D eigenvalue weighted by atomic mass is 9.83. The van der Waals surface area contributed by atoms with Crippen LogP contribution in [0.2, 0.25) is 0 Å². The molecule has 1 fully saturated rings. The molecular formula is C31H26F4IN3O4. The van der Waals surface area contributed by atoms with E-state index in [1.165, 1.54) is 19.1 Å². The molecular weight excluding hydrogens is 681 g/mol. The summed E-state index contributed by atoms with van der Waals surface area (Å²) in [6.07, 6.45) is -1.98. The minimum atomic E-state index is -5.26. The SMILES string of the molecule is CC1(CF)COc2c1cc(C(O)(CNC(=O)c1cc(OC3CC3)c3ncccc3c1)C(F)(F)F)nc2-c1ccc(I)cc1. The number of fused-ring (bicyclic) bond motifs is 2. The van der Waals surface area contributed by atoms with Crippen molar-refractivity contribution in [1.29, 1.82) is 0 Å². The summed E-state index contributed by atoms with van der Waals surface area (Å²) in [6, 6.07) is 14.2. The summed E-state index contributed by atoms with van der Waals surface area (Å²) in [4.78, 5) is 21.8. The molecule has 224 valence electrons. The molecule has 2 atom stereocenters. The Morgan fingerprint density at radius 1 is 1.19 bits per heavy atom. The first-order valence-electron chi connectivity index (χ1n) is 13.6. The number of halogens is 5. The molecule has 1 amide bonds. The molecule has 43 heavy (non-hydrogen) atoms. The molecule has 1 saturated carbocycles. The fourth-order valence-corrected chi connectivity index (χ4v) is 5.31. The number of pyridine rings is 2. The van der Waals surface area contributed by atoms with Crippen LogP contribution in [0.1, 0.15) is 41.4 Å². The van der Waals surface area contributed by atoms with Crippen LogP contribution in [-0.4, -0.2) is 53.1 Å². The Morgan fingerprint density at radius 3 is 2.60 bits per heavy atom. The maximum Gasteiger partial charge on any atom is 0.424 e. The largest absolute Gasteiger partial charge is 0.490 e. The number of amides is 1. The molecule has 3 heterocycles. The quantitative estimate of drug-likeness (QED) is 0.167. The van der Waals surface area contributed by atoms with Crippen molar-refractivity contribution in [3.63, 3.8) is 0 Å². The maximum atomic E-state index is 14.7. The fourth-order valence-electron chi connectivity index (χ4n) is 4.95. The molecule has 7 nitrogen and oxygen atoms in total. The Kier molecular flexibility index (Phi) is 7.48. The molecule has 12 heteroatoms. The average Bonchev–Trinajstić information content (AvgIpc) is 3.75. The Bertz CT molecular complexity index is 1710. The number of ether oxygens (including phenoxy) is 2. The van der Waals surface area contributed by atoms with Crippen LogP contribution in [0.25, 0.3) is 22.2 Å². The monoisotopic (exact) mass is 707 g/mol. The number of hydrogen-bond acceptors (Lipinski definition) is 6. The van der Waals surface area contributed by atoms with Gasteiger partial charge in [-0.3, -0.25) is 9.78 Å². The van der Waals surface area contributed by atoms with Crippen molar-refractivity contribution < 1.29 is 36.9 Å².